The fourth-order valence-corrected chi connectivity index (χ4v) is 6.78. The zero-order valence-corrected chi connectivity index (χ0v) is 21.3. The van der Waals surface area contributed by atoms with Gasteiger partial charge in [0.05, 0.1) is 27.4 Å². The lowest BCUT2D eigenvalue weighted by Crippen LogP contribution is -2.44. The van der Waals surface area contributed by atoms with Gasteiger partial charge in [-0.15, -0.1) is 0 Å². The minimum atomic E-state index is -3.62. The molecule has 1 aliphatic heterocycles. The summed E-state index contributed by atoms with van der Waals surface area (Å²) in [5, 5.41) is 0.473. The first-order valence-corrected chi connectivity index (χ1v) is 13.9. The summed E-state index contributed by atoms with van der Waals surface area (Å²) in [6.07, 6.45) is 2.48. The van der Waals surface area contributed by atoms with Gasteiger partial charge in [0.15, 0.2) is 5.13 Å². The molecule has 0 saturated carbocycles. The number of carbonyl (C=O) groups is 1. The Kier molecular flexibility index (Phi) is 6.83. The van der Waals surface area contributed by atoms with Crippen molar-refractivity contribution in [1.29, 1.82) is 0 Å². The summed E-state index contributed by atoms with van der Waals surface area (Å²) in [6.45, 7) is 2.65. The Balaban J connectivity index is 1.37. The zero-order valence-electron chi connectivity index (χ0n) is 19.7. The summed E-state index contributed by atoms with van der Waals surface area (Å²) >= 11 is 1.25. The van der Waals surface area contributed by atoms with Crippen molar-refractivity contribution in [2.45, 2.75) is 31.2 Å². The highest BCUT2D eigenvalue weighted by atomic mass is 32.2. The van der Waals surface area contributed by atoms with Crippen molar-refractivity contribution in [2.75, 3.05) is 18.0 Å². The number of hydrogen-bond donors (Lipinski definition) is 0. The quantitative estimate of drug-likeness (QED) is 0.363. The number of anilines is 1. The van der Waals surface area contributed by atoms with Gasteiger partial charge in [0.25, 0.3) is 0 Å². The van der Waals surface area contributed by atoms with Crippen LogP contribution in [0.15, 0.2) is 71.8 Å². The average molecular weight is 525 g/mol. The standard InChI is InChI=1S/C26H25FN4O3S2/c1-18-5-8-22(9-6-18)36(33,34)30-14-11-19(12-15-30)25(32)31(17-21-4-2-3-13-28-21)26-29-23-10-7-20(27)16-24(23)35-26/h2-10,13,16,19H,11-12,14-15,17H2,1H3. The number of aryl methyl sites for hydroxylation is 1. The fraction of sp³-hybridized carbons (Fsp3) is 0.269. The summed E-state index contributed by atoms with van der Waals surface area (Å²) in [6, 6.07) is 16.7. The summed E-state index contributed by atoms with van der Waals surface area (Å²) in [5.74, 6) is -0.850. The first-order valence-electron chi connectivity index (χ1n) is 11.7. The molecule has 2 aromatic carbocycles. The molecule has 4 aromatic rings. The second kappa shape index (κ2) is 10.0. The van der Waals surface area contributed by atoms with Gasteiger partial charge in [-0.05, 0) is 62.2 Å². The first kappa shape index (κ1) is 24.5. The van der Waals surface area contributed by atoms with Crippen LogP contribution in [0, 0.1) is 18.7 Å². The van der Waals surface area contributed by atoms with E-state index in [4.69, 9.17) is 0 Å². The number of amides is 1. The average Bonchev–Trinajstić information content (AvgIpc) is 3.31. The van der Waals surface area contributed by atoms with E-state index in [9.17, 15) is 17.6 Å². The monoisotopic (exact) mass is 524 g/mol. The van der Waals surface area contributed by atoms with E-state index < -0.39 is 10.0 Å². The molecule has 0 atom stereocenters. The highest BCUT2D eigenvalue weighted by Gasteiger charge is 2.35. The number of rotatable bonds is 6. The summed E-state index contributed by atoms with van der Waals surface area (Å²) in [5.41, 5.74) is 2.31. The van der Waals surface area contributed by atoms with Crippen molar-refractivity contribution in [2.24, 2.45) is 5.92 Å². The molecule has 3 heterocycles. The van der Waals surface area contributed by atoms with E-state index in [2.05, 4.69) is 9.97 Å². The predicted molar refractivity (Wildman–Crippen MR) is 138 cm³/mol. The molecule has 1 amide bonds. The topological polar surface area (TPSA) is 83.5 Å². The number of thiazole rings is 1. The van der Waals surface area contributed by atoms with Crippen LogP contribution in [0.1, 0.15) is 24.1 Å². The van der Waals surface area contributed by atoms with E-state index in [0.29, 0.717) is 33.9 Å². The second-order valence-electron chi connectivity index (χ2n) is 8.85. The number of pyridine rings is 1. The highest BCUT2D eigenvalue weighted by molar-refractivity contribution is 7.89. The van der Waals surface area contributed by atoms with Crippen LogP contribution >= 0.6 is 11.3 Å². The second-order valence-corrected chi connectivity index (χ2v) is 11.8. The van der Waals surface area contributed by atoms with Crippen LogP contribution in [0.3, 0.4) is 0 Å². The molecule has 10 heteroatoms. The number of carbonyl (C=O) groups excluding carboxylic acids is 1. The smallest absolute Gasteiger partial charge is 0.243 e. The molecule has 5 rings (SSSR count). The molecule has 0 bridgehead atoms. The van der Waals surface area contributed by atoms with E-state index in [1.807, 2.05) is 19.1 Å². The van der Waals surface area contributed by atoms with Gasteiger partial charge in [0.1, 0.15) is 5.82 Å². The van der Waals surface area contributed by atoms with Gasteiger partial charge < -0.3 is 0 Å². The zero-order chi connectivity index (χ0) is 25.3. The molecule has 0 unspecified atom stereocenters. The Hall–Kier alpha value is -3.21. The van der Waals surface area contributed by atoms with Crippen molar-refractivity contribution < 1.29 is 17.6 Å². The summed E-state index contributed by atoms with van der Waals surface area (Å²) < 4.78 is 42.0. The van der Waals surface area contributed by atoms with Gasteiger partial charge in [-0.3, -0.25) is 14.7 Å². The normalized spacial score (nSPS) is 15.3. The maximum atomic E-state index is 13.8. The van der Waals surface area contributed by atoms with Crippen molar-refractivity contribution in [3.63, 3.8) is 0 Å². The number of fused-ring (bicyclic) bond motifs is 1. The molecule has 7 nitrogen and oxygen atoms in total. The number of halogens is 1. The largest absolute Gasteiger partial charge is 0.282 e. The van der Waals surface area contributed by atoms with Crippen LogP contribution in [-0.2, 0) is 21.4 Å². The van der Waals surface area contributed by atoms with Crippen LogP contribution in [0.5, 0.6) is 0 Å². The van der Waals surface area contributed by atoms with Gasteiger partial charge in [0.2, 0.25) is 15.9 Å². The molecule has 0 aliphatic carbocycles. The summed E-state index contributed by atoms with van der Waals surface area (Å²) in [7, 11) is -3.62. The van der Waals surface area contributed by atoms with Gasteiger partial charge in [-0.2, -0.15) is 4.31 Å². The Morgan fingerprint density at radius 2 is 1.86 bits per heavy atom. The van der Waals surface area contributed by atoms with Crippen LogP contribution in [0.4, 0.5) is 9.52 Å². The molecule has 2 aromatic heterocycles. The number of aromatic nitrogens is 2. The van der Waals surface area contributed by atoms with Gasteiger partial charge in [-0.25, -0.2) is 17.8 Å². The van der Waals surface area contributed by atoms with Crippen molar-refractivity contribution in [3.8, 4) is 0 Å². The van der Waals surface area contributed by atoms with Crippen LogP contribution in [0.2, 0.25) is 0 Å². The molecule has 186 valence electrons. The molecular weight excluding hydrogens is 499 g/mol. The van der Waals surface area contributed by atoms with E-state index in [1.54, 1.807) is 47.5 Å². The van der Waals surface area contributed by atoms with Crippen molar-refractivity contribution in [1.82, 2.24) is 14.3 Å². The SMILES string of the molecule is Cc1ccc(S(=O)(=O)N2CCC(C(=O)N(Cc3ccccn3)c3nc4ccc(F)cc4s3)CC2)cc1. The van der Waals surface area contributed by atoms with E-state index in [1.165, 1.54) is 27.8 Å². The van der Waals surface area contributed by atoms with Gasteiger partial charge in [0, 0.05) is 25.2 Å². The van der Waals surface area contributed by atoms with Crippen molar-refractivity contribution >= 4 is 42.6 Å². The highest BCUT2D eigenvalue weighted by Crippen LogP contribution is 2.33. The molecule has 0 N–H and O–H groups in total. The van der Waals surface area contributed by atoms with Gasteiger partial charge >= 0.3 is 0 Å². The Morgan fingerprint density at radius 1 is 1.11 bits per heavy atom. The first-order chi connectivity index (χ1) is 17.3. The summed E-state index contributed by atoms with van der Waals surface area (Å²) in [4.78, 5) is 24.5. The van der Waals surface area contributed by atoms with Gasteiger partial charge in [-0.1, -0.05) is 35.1 Å². The lowest BCUT2D eigenvalue weighted by molar-refractivity contribution is -0.123. The minimum absolute atomic E-state index is 0.132. The molecule has 1 saturated heterocycles. The Labute approximate surface area is 213 Å². The third-order valence-corrected chi connectivity index (χ3v) is 9.30. The van der Waals surface area contributed by atoms with Crippen LogP contribution < -0.4 is 4.90 Å². The number of hydrogen-bond acceptors (Lipinski definition) is 6. The van der Waals surface area contributed by atoms with Crippen LogP contribution in [-0.4, -0.2) is 41.7 Å². The fourth-order valence-electron chi connectivity index (χ4n) is 4.32. The van der Waals surface area contributed by atoms with Crippen LogP contribution in [0.25, 0.3) is 10.2 Å². The molecule has 1 fully saturated rings. The maximum absolute atomic E-state index is 13.8. The third-order valence-electron chi connectivity index (χ3n) is 6.34. The number of sulfonamides is 1. The lowest BCUT2D eigenvalue weighted by atomic mass is 9.96. The van der Waals surface area contributed by atoms with E-state index in [-0.39, 0.29) is 42.2 Å². The molecular formula is C26H25FN4O3S2. The number of nitrogens with zero attached hydrogens (tertiary/aromatic N) is 4. The Bertz CT molecular complexity index is 1480. The third kappa shape index (κ3) is 5.02. The predicted octanol–water partition coefficient (Wildman–Crippen LogP) is 4.77. The molecule has 0 spiro atoms. The molecule has 36 heavy (non-hydrogen) atoms. The maximum Gasteiger partial charge on any atom is 0.243 e. The molecule has 1 aliphatic rings. The van der Waals surface area contributed by atoms with Crippen molar-refractivity contribution in [3.05, 3.63) is 83.9 Å². The number of piperidine rings is 1. The lowest BCUT2D eigenvalue weighted by Gasteiger charge is -2.33. The Morgan fingerprint density at radius 3 is 2.56 bits per heavy atom. The van der Waals surface area contributed by atoms with E-state index in [0.717, 1.165) is 5.56 Å². The number of benzene rings is 2. The molecule has 0 radical (unpaired) electrons. The minimum Gasteiger partial charge on any atom is -0.282 e. The van der Waals surface area contributed by atoms with E-state index >= 15 is 0 Å².